The Morgan fingerprint density at radius 1 is 1.10 bits per heavy atom. The van der Waals surface area contributed by atoms with Crippen molar-refractivity contribution in [2.75, 3.05) is 6.54 Å². The van der Waals surface area contributed by atoms with Gasteiger partial charge < -0.3 is 5.32 Å². The maximum absolute atomic E-state index is 13.1. The smallest absolute Gasteiger partial charge is 0.123 e. The quantitative estimate of drug-likeness (QED) is 0.854. The summed E-state index contributed by atoms with van der Waals surface area (Å²) in [4.78, 5) is 0. The zero-order chi connectivity index (χ0) is 14.7. The third-order valence-corrected chi connectivity index (χ3v) is 4.47. The molecule has 110 valence electrons. The van der Waals surface area contributed by atoms with Gasteiger partial charge in [0.1, 0.15) is 5.82 Å². The highest BCUT2D eigenvalue weighted by Crippen LogP contribution is 2.37. The van der Waals surface area contributed by atoms with E-state index in [-0.39, 0.29) is 5.82 Å². The van der Waals surface area contributed by atoms with Gasteiger partial charge in [-0.05, 0) is 67.1 Å². The minimum absolute atomic E-state index is 0.154. The van der Waals surface area contributed by atoms with Crippen LogP contribution < -0.4 is 5.32 Å². The van der Waals surface area contributed by atoms with Crippen LogP contribution in [0.3, 0.4) is 0 Å². The van der Waals surface area contributed by atoms with Crippen LogP contribution in [0.2, 0.25) is 5.02 Å². The SMILES string of the molecule is Fc1cccc(CCNC2CC(c3ccc(Cl)cc3)C2)c1. The summed E-state index contributed by atoms with van der Waals surface area (Å²) in [6.45, 7) is 0.904. The van der Waals surface area contributed by atoms with E-state index in [0.29, 0.717) is 12.0 Å². The first-order chi connectivity index (χ1) is 10.2. The van der Waals surface area contributed by atoms with E-state index < -0.39 is 0 Å². The summed E-state index contributed by atoms with van der Waals surface area (Å²) in [5.74, 6) is 0.493. The Balaban J connectivity index is 1.40. The van der Waals surface area contributed by atoms with E-state index in [4.69, 9.17) is 11.6 Å². The van der Waals surface area contributed by atoms with Crippen LogP contribution in [0.4, 0.5) is 4.39 Å². The first kappa shape index (κ1) is 14.6. The Morgan fingerprint density at radius 2 is 1.86 bits per heavy atom. The van der Waals surface area contributed by atoms with E-state index in [1.54, 1.807) is 12.1 Å². The predicted octanol–water partition coefficient (Wildman–Crippen LogP) is 4.56. The minimum Gasteiger partial charge on any atom is -0.314 e. The predicted molar refractivity (Wildman–Crippen MR) is 85.3 cm³/mol. The van der Waals surface area contributed by atoms with Crippen LogP contribution in [0.25, 0.3) is 0 Å². The Labute approximate surface area is 130 Å². The highest BCUT2D eigenvalue weighted by molar-refractivity contribution is 6.30. The molecule has 0 amide bonds. The van der Waals surface area contributed by atoms with Gasteiger partial charge >= 0.3 is 0 Å². The molecule has 1 N–H and O–H groups in total. The summed E-state index contributed by atoms with van der Waals surface area (Å²) in [7, 11) is 0. The first-order valence-corrected chi connectivity index (χ1v) is 7.82. The van der Waals surface area contributed by atoms with Crippen molar-refractivity contribution in [2.45, 2.75) is 31.2 Å². The van der Waals surface area contributed by atoms with Crippen molar-refractivity contribution in [2.24, 2.45) is 0 Å². The van der Waals surface area contributed by atoms with Crippen LogP contribution in [0, 0.1) is 5.82 Å². The molecule has 2 aromatic rings. The fraction of sp³-hybridized carbons (Fsp3) is 0.333. The van der Waals surface area contributed by atoms with Crippen LogP contribution in [-0.2, 0) is 6.42 Å². The Morgan fingerprint density at radius 3 is 2.57 bits per heavy atom. The van der Waals surface area contributed by atoms with Crippen molar-refractivity contribution < 1.29 is 4.39 Å². The second-order valence-corrected chi connectivity index (χ2v) is 6.19. The Kier molecular flexibility index (Phi) is 4.57. The van der Waals surface area contributed by atoms with Crippen molar-refractivity contribution in [3.05, 3.63) is 70.5 Å². The highest BCUT2D eigenvalue weighted by Gasteiger charge is 2.29. The largest absolute Gasteiger partial charge is 0.314 e. The second-order valence-electron chi connectivity index (χ2n) is 5.75. The van der Waals surface area contributed by atoms with E-state index in [0.717, 1.165) is 23.6 Å². The lowest BCUT2D eigenvalue weighted by molar-refractivity contribution is 0.293. The summed E-state index contributed by atoms with van der Waals surface area (Å²) < 4.78 is 13.1. The van der Waals surface area contributed by atoms with E-state index in [1.165, 1.54) is 24.5 Å². The standard InChI is InChI=1S/C18H19ClFN/c19-16-6-4-14(5-7-16)15-11-18(12-15)21-9-8-13-2-1-3-17(20)10-13/h1-7,10,15,18,21H,8-9,11-12H2. The molecule has 0 atom stereocenters. The van der Waals surface area contributed by atoms with Gasteiger partial charge in [0.15, 0.2) is 0 Å². The topological polar surface area (TPSA) is 12.0 Å². The average Bonchev–Trinajstić information content (AvgIpc) is 2.43. The number of hydrogen-bond acceptors (Lipinski definition) is 1. The molecular weight excluding hydrogens is 285 g/mol. The minimum atomic E-state index is -0.154. The van der Waals surface area contributed by atoms with Gasteiger partial charge in [0, 0.05) is 11.1 Å². The lowest BCUT2D eigenvalue weighted by Gasteiger charge is -2.36. The number of halogens is 2. The highest BCUT2D eigenvalue weighted by atomic mass is 35.5. The third kappa shape index (κ3) is 3.84. The van der Waals surface area contributed by atoms with Crippen molar-refractivity contribution in [3.8, 4) is 0 Å². The average molecular weight is 304 g/mol. The van der Waals surface area contributed by atoms with Gasteiger partial charge in [-0.25, -0.2) is 4.39 Å². The molecule has 0 radical (unpaired) electrons. The molecule has 0 bridgehead atoms. The van der Waals surface area contributed by atoms with Crippen molar-refractivity contribution in [1.82, 2.24) is 5.32 Å². The zero-order valence-electron chi connectivity index (χ0n) is 11.9. The normalized spacial score (nSPS) is 21.0. The second kappa shape index (κ2) is 6.59. The molecule has 3 rings (SSSR count). The van der Waals surface area contributed by atoms with Gasteiger partial charge in [0.2, 0.25) is 0 Å². The van der Waals surface area contributed by atoms with Crippen LogP contribution in [-0.4, -0.2) is 12.6 Å². The molecule has 1 saturated carbocycles. The van der Waals surface area contributed by atoms with Crippen LogP contribution in [0.5, 0.6) is 0 Å². The van der Waals surface area contributed by atoms with Gasteiger partial charge in [-0.15, -0.1) is 0 Å². The number of nitrogens with one attached hydrogen (secondary N) is 1. The first-order valence-electron chi connectivity index (χ1n) is 7.44. The molecule has 21 heavy (non-hydrogen) atoms. The Bertz CT molecular complexity index is 590. The van der Waals surface area contributed by atoms with Crippen molar-refractivity contribution >= 4 is 11.6 Å². The maximum Gasteiger partial charge on any atom is 0.123 e. The van der Waals surface area contributed by atoms with Crippen molar-refractivity contribution in [3.63, 3.8) is 0 Å². The van der Waals surface area contributed by atoms with Gasteiger partial charge in [0.25, 0.3) is 0 Å². The number of benzene rings is 2. The summed E-state index contributed by atoms with van der Waals surface area (Å²) in [5, 5.41) is 4.34. The molecule has 3 heteroatoms. The molecule has 1 aliphatic carbocycles. The van der Waals surface area contributed by atoms with E-state index in [9.17, 15) is 4.39 Å². The molecule has 1 nitrogen and oxygen atoms in total. The van der Waals surface area contributed by atoms with Gasteiger partial charge in [-0.1, -0.05) is 35.9 Å². The lowest BCUT2D eigenvalue weighted by atomic mass is 9.76. The summed E-state index contributed by atoms with van der Waals surface area (Å²) in [5.41, 5.74) is 2.43. The zero-order valence-corrected chi connectivity index (χ0v) is 12.6. The van der Waals surface area contributed by atoms with Gasteiger partial charge in [-0.3, -0.25) is 0 Å². The van der Waals surface area contributed by atoms with Crippen LogP contribution in [0.15, 0.2) is 48.5 Å². The van der Waals surface area contributed by atoms with Crippen molar-refractivity contribution in [1.29, 1.82) is 0 Å². The molecule has 1 aliphatic rings. The molecule has 0 aromatic heterocycles. The summed E-state index contributed by atoms with van der Waals surface area (Å²) >= 11 is 5.91. The maximum atomic E-state index is 13.1. The molecular formula is C18H19ClFN. The lowest BCUT2D eigenvalue weighted by Crippen LogP contribution is -2.40. The molecule has 0 spiro atoms. The summed E-state index contributed by atoms with van der Waals surface area (Å²) in [6, 6.07) is 15.6. The van der Waals surface area contributed by atoms with E-state index >= 15 is 0 Å². The molecule has 1 fully saturated rings. The van der Waals surface area contributed by atoms with Crippen LogP contribution >= 0.6 is 11.6 Å². The fourth-order valence-electron chi connectivity index (χ4n) is 2.90. The molecule has 0 aliphatic heterocycles. The Hall–Kier alpha value is -1.38. The monoisotopic (exact) mass is 303 g/mol. The molecule has 2 aromatic carbocycles. The van der Waals surface area contributed by atoms with E-state index in [1.807, 2.05) is 18.2 Å². The summed E-state index contributed by atoms with van der Waals surface area (Å²) in [6.07, 6.45) is 3.22. The molecule has 0 saturated heterocycles. The third-order valence-electron chi connectivity index (χ3n) is 4.22. The van der Waals surface area contributed by atoms with E-state index in [2.05, 4.69) is 17.4 Å². The van der Waals surface area contributed by atoms with Crippen LogP contribution in [0.1, 0.15) is 29.9 Å². The van der Waals surface area contributed by atoms with Gasteiger partial charge in [0.05, 0.1) is 0 Å². The fourth-order valence-corrected chi connectivity index (χ4v) is 3.03. The number of rotatable bonds is 5. The molecule has 0 unspecified atom stereocenters. The molecule has 0 heterocycles. The number of hydrogen-bond donors (Lipinski definition) is 1. The van der Waals surface area contributed by atoms with Gasteiger partial charge in [-0.2, -0.15) is 0 Å².